The van der Waals surface area contributed by atoms with Crippen molar-refractivity contribution >= 4 is 92.8 Å². The van der Waals surface area contributed by atoms with Gasteiger partial charge in [-0.2, -0.15) is 20.8 Å². The third-order valence-electron chi connectivity index (χ3n) is 3.90. The Hall–Kier alpha value is -0.0400. The van der Waals surface area contributed by atoms with Gasteiger partial charge < -0.3 is 13.6 Å². The molecule has 2 aromatic carbocycles. The lowest BCUT2D eigenvalue weighted by Crippen LogP contribution is -2.37. The van der Waals surface area contributed by atoms with Crippen molar-refractivity contribution in [3.05, 3.63) is 57.6 Å². The van der Waals surface area contributed by atoms with E-state index >= 15 is 0 Å². The number of benzene rings is 2. The van der Waals surface area contributed by atoms with E-state index in [2.05, 4.69) is 0 Å². The van der Waals surface area contributed by atoms with Gasteiger partial charge in [0.05, 0.1) is 15.7 Å². The van der Waals surface area contributed by atoms with Gasteiger partial charge in [-0.3, -0.25) is 0 Å². The molecule has 16 heteroatoms. The molecule has 0 atom stereocenters. The van der Waals surface area contributed by atoms with Crippen LogP contribution in [0, 0.1) is 13.8 Å². The van der Waals surface area contributed by atoms with E-state index in [9.17, 15) is 12.8 Å². The maximum Gasteiger partial charge on any atom is 0.380 e. The average molecular weight is 648 g/mol. The Balaban J connectivity index is 0.000000355. The smallest absolute Gasteiger partial charge is 0.380 e. The SMILES string of the molecule is COP(=S)(OC)Oc1c(Cl)cc(C)cc1Cl.Cc1ccc(N(SC(F)(Cl)Cl)S(=O)(=O)N(C)C)cc1. The molecule has 2 aromatic rings. The summed E-state index contributed by atoms with van der Waals surface area (Å²) in [5.74, 6) is 0.293. The fourth-order valence-electron chi connectivity index (χ4n) is 2.18. The predicted octanol–water partition coefficient (Wildman–Crippen LogP) is 7.51. The highest BCUT2D eigenvalue weighted by Crippen LogP contribution is 2.51. The Labute approximate surface area is 235 Å². The standard InChI is InChI=1S/C10H13Cl2FN2O2S2.C9H11Cl2O3PS/c1-8-4-6-9(7-5-8)15(18-10(11,12)13)19(16,17)14(2)3;1-6-4-7(10)9(8(11)5-6)14-15(16,12-2)13-3/h4-7H,1-3H3;4-5H,1-3H3. The molecule has 0 fully saturated rings. The molecule has 0 saturated carbocycles. The fraction of sp³-hybridized carbons (Fsp3) is 0.368. The van der Waals surface area contributed by atoms with E-state index in [4.69, 9.17) is 71.8 Å². The highest BCUT2D eigenvalue weighted by Gasteiger charge is 2.36. The van der Waals surface area contributed by atoms with Crippen LogP contribution < -0.4 is 8.23 Å². The molecule has 198 valence electrons. The van der Waals surface area contributed by atoms with Crippen molar-refractivity contribution in [3.8, 4) is 5.75 Å². The van der Waals surface area contributed by atoms with E-state index in [1.807, 2.05) is 13.8 Å². The highest BCUT2D eigenvalue weighted by atomic mass is 35.5. The van der Waals surface area contributed by atoms with Crippen LogP contribution in [-0.2, 0) is 31.1 Å². The molecular weight excluding hydrogens is 624 g/mol. The van der Waals surface area contributed by atoms with Crippen molar-refractivity contribution in [2.75, 3.05) is 32.0 Å². The van der Waals surface area contributed by atoms with Gasteiger partial charge in [-0.05, 0) is 43.7 Å². The van der Waals surface area contributed by atoms with Crippen molar-refractivity contribution in [2.45, 2.75) is 17.8 Å². The van der Waals surface area contributed by atoms with Crippen molar-refractivity contribution < 1.29 is 26.4 Å². The van der Waals surface area contributed by atoms with Crippen molar-refractivity contribution in [2.24, 2.45) is 0 Å². The largest absolute Gasteiger partial charge is 0.421 e. The van der Waals surface area contributed by atoms with Gasteiger partial charge >= 0.3 is 20.8 Å². The monoisotopic (exact) mass is 646 g/mol. The molecule has 0 aliphatic heterocycles. The Morgan fingerprint density at radius 2 is 1.46 bits per heavy atom. The summed E-state index contributed by atoms with van der Waals surface area (Å²) in [6.07, 6.45) is 0. The molecule has 0 spiro atoms. The normalized spacial score (nSPS) is 12.2. The first-order valence-corrected chi connectivity index (χ1v) is 15.6. The number of halogens is 5. The second-order valence-electron chi connectivity index (χ2n) is 6.85. The first-order chi connectivity index (χ1) is 16.0. The van der Waals surface area contributed by atoms with E-state index in [1.165, 1.54) is 28.3 Å². The molecule has 0 aliphatic rings. The zero-order valence-corrected chi connectivity index (χ0v) is 25.8. The number of hydrogen-bond acceptors (Lipinski definition) is 7. The first kappa shape index (κ1) is 33.0. The fourth-order valence-corrected chi connectivity index (χ4v) is 6.74. The predicted molar refractivity (Wildman–Crippen MR) is 150 cm³/mol. The lowest BCUT2D eigenvalue weighted by Gasteiger charge is -2.27. The van der Waals surface area contributed by atoms with E-state index in [1.54, 1.807) is 36.4 Å². The minimum Gasteiger partial charge on any atom is -0.421 e. The molecule has 0 saturated heterocycles. The van der Waals surface area contributed by atoms with Gasteiger partial charge in [0.1, 0.15) is 0 Å². The van der Waals surface area contributed by atoms with Gasteiger partial charge in [0.2, 0.25) is 0 Å². The van der Waals surface area contributed by atoms with Crippen LogP contribution in [0.1, 0.15) is 11.1 Å². The zero-order valence-electron chi connectivity index (χ0n) is 19.5. The zero-order chi connectivity index (χ0) is 27.2. The van der Waals surface area contributed by atoms with Gasteiger partial charge in [0.15, 0.2) is 5.75 Å². The van der Waals surface area contributed by atoms with Gasteiger partial charge in [0, 0.05) is 52.1 Å². The number of hydrogen-bond donors (Lipinski definition) is 0. The molecule has 2 rings (SSSR count). The Bertz CT molecular complexity index is 1120. The van der Waals surface area contributed by atoms with Gasteiger partial charge in [-0.15, -0.1) is 0 Å². The summed E-state index contributed by atoms with van der Waals surface area (Å²) < 4.78 is 52.0. The van der Waals surface area contributed by atoms with E-state index in [0.29, 0.717) is 15.8 Å². The van der Waals surface area contributed by atoms with Crippen LogP contribution in [-0.4, -0.2) is 45.0 Å². The summed E-state index contributed by atoms with van der Waals surface area (Å²) in [4.78, 5) is 0. The van der Waals surface area contributed by atoms with Crippen LogP contribution in [0.2, 0.25) is 10.0 Å². The number of aryl methyl sites for hydroxylation is 2. The third kappa shape index (κ3) is 10.3. The molecule has 0 N–H and O–H groups in total. The van der Waals surface area contributed by atoms with Crippen LogP contribution in [0.3, 0.4) is 0 Å². The minimum atomic E-state index is -3.92. The third-order valence-corrected chi connectivity index (χ3v) is 10.2. The van der Waals surface area contributed by atoms with Crippen molar-refractivity contribution in [1.29, 1.82) is 0 Å². The summed E-state index contributed by atoms with van der Waals surface area (Å²) in [5, 5.41) is 0.765. The van der Waals surface area contributed by atoms with Gasteiger partial charge in [-0.25, -0.2) is 0 Å². The molecular formula is C19H24Cl4FN2O5PS3. The number of anilines is 1. The molecule has 7 nitrogen and oxygen atoms in total. The van der Waals surface area contributed by atoms with E-state index in [-0.39, 0.29) is 17.6 Å². The lowest BCUT2D eigenvalue weighted by molar-refractivity contribution is 0.273. The highest BCUT2D eigenvalue weighted by molar-refractivity contribution is 8.15. The molecule has 0 aliphatic carbocycles. The molecule has 0 heterocycles. The molecule has 0 aromatic heterocycles. The quantitative estimate of drug-likeness (QED) is 0.158. The molecule has 0 bridgehead atoms. The van der Waals surface area contributed by atoms with Crippen LogP contribution in [0.15, 0.2) is 36.4 Å². The van der Waals surface area contributed by atoms with Crippen molar-refractivity contribution in [1.82, 2.24) is 4.31 Å². The molecule has 0 unspecified atom stereocenters. The Morgan fingerprint density at radius 3 is 1.83 bits per heavy atom. The minimum absolute atomic E-state index is 0.164. The summed E-state index contributed by atoms with van der Waals surface area (Å²) in [6.45, 7) is 0.923. The topological polar surface area (TPSA) is 68.3 Å². The summed E-state index contributed by atoms with van der Waals surface area (Å²) >= 11 is 27.8. The van der Waals surface area contributed by atoms with Crippen LogP contribution in [0.25, 0.3) is 0 Å². The summed E-state index contributed by atoms with van der Waals surface area (Å²) in [5.41, 5.74) is 2.14. The lowest BCUT2D eigenvalue weighted by atomic mass is 10.2. The summed E-state index contributed by atoms with van der Waals surface area (Å²) in [6, 6.07) is 9.96. The van der Waals surface area contributed by atoms with Gasteiger partial charge in [-0.1, -0.05) is 64.1 Å². The average Bonchev–Trinajstić information content (AvgIpc) is 2.75. The van der Waals surface area contributed by atoms with Crippen LogP contribution in [0.5, 0.6) is 5.75 Å². The van der Waals surface area contributed by atoms with Gasteiger partial charge in [0.25, 0.3) is 0 Å². The van der Waals surface area contributed by atoms with Crippen LogP contribution in [0.4, 0.5) is 10.1 Å². The van der Waals surface area contributed by atoms with Crippen molar-refractivity contribution in [3.63, 3.8) is 0 Å². The Morgan fingerprint density at radius 1 is 1.00 bits per heavy atom. The first-order valence-electron chi connectivity index (χ1n) is 9.38. The molecule has 35 heavy (non-hydrogen) atoms. The maximum atomic E-state index is 13.4. The second-order valence-corrected chi connectivity index (χ2v) is 15.8. The maximum absolute atomic E-state index is 13.4. The van der Waals surface area contributed by atoms with E-state index in [0.717, 1.165) is 19.1 Å². The van der Waals surface area contributed by atoms with Crippen LogP contribution >= 0.6 is 65.1 Å². The van der Waals surface area contributed by atoms with E-state index < -0.39 is 20.8 Å². The summed E-state index contributed by atoms with van der Waals surface area (Å²) in [7, 11) is 1.58. The number of alkyl halides is 3. The number of rotatable bonds is 9. The number of nitrogens with zero attached hydrogens (tertiary/aromatic N) is 2. The second kappa shape index (κ2) is 13.7. The molecule has 0 amide bonds. The molecule has 0 radical (unpaired) electrons. The Kier molecular flexibility index (Phi) is 12.9.